The van der Waals surface area contributed by atoms with Gasteiger partial charge in [0.05, 0.1) is 24.3 Å². The van der Waals surface area contributed by atoms with Gasteiger partial charge in [0.25, 0.3) is 5.91 Å². The van der Waals surface area contributed by atoms with Crippen LogP contribution in [0.2, 0.25) is 0 Å². The fourth-order valence-electron chi connectivity index (χ4n) is 2.18. The van der Waals surface area contributed by atoms with Crippen LogP contribution in [0, 0.1) is 0 Å². The van der Waals surface area contributed by atoms with Crippen LogP contribution in [0.3, 0.4) is 0 Å². The molecule has 0 N–H and O–H groups in total. The van der Waals surface area contributed by atoms with Crippen LogP contribution in [0.5, 0.6) is 0 Å². The van der Waals surface area contributed by atoms with E-state index in [0.717, 1.165) is 12.1 Å². The zero-order valence-electron chi connectivity index (χ0n) is 11.3. The lowest BCUT2D eigenvalue weighted by Crippen LogP contribution is -2.50. The summed E-state index contributed by atoms with van der Waals surface area (Å²) in [7, 11) is 0. The summed E-state index contributed by atoms with van der Waals surface area (Å²) in [5.74, 6) is -0.390. The van der Waals surface area contributed by atoms with Gasteiger partial charge in [0, 0.05) is 12.1 Å². The molecule has 0 radical (unpaired) electrons. The molecule has 20 heavy (non-hydrogen) atoms. The molecule has 3 nitrogen and oxygen atoms in total. The molecule has 1 aliphatic rings. The Hall–Kier alpha value is -1.56. The van der Waals surface area contributed by atoms with E-state index in [1.807, 2.05) is 13.8 Å². The Bertz CT molecular complexity index is 501. The summed E-state index contributed by atoms with van der Waals surface area (Å²) >= 11 is 0. The molecule has 1 aliphatic heterocycles. The number of hydrogen-bond donors (Lipinski definition) is 0. The Labute approximate surface area is 115 Å². The number of nitrogens with zero attached hydrogens (tertiary/aromatic N) is 1. The van der Waals surface area contributed by atoms with Crippen LogP contribution in [0.1, 0.15) is 29.8 Å². The first-order chi connectivity index (χ1) is 9.29. The number of halogens is 3. The van der Waals surface area contributed by atoms with Crippen LogP contribution in [0.15, 0.2) is 24.3 Å². The second kappa shape index (κ2) is 5.44. The van der Waals surface area contributed by atoms with Crippen LogP contribution in [-0.4, -0.2) is 36.1 Å². The monoisotopic (exact) mass is 287 g/mol. The maximum absolute atomic E-state index is 12.7. The molecule has 2 atom stereocenters. The molecule has 1 amide bonds. The van der Waals surface area contributed by atoms with E-state index in [9.17, 15) is 18.0 Å². The largest absolute Gasteiger partial charge is 0.416 e. The number of rotatable bonds is 1. The number of ether oxygens (including phenoxy) is 1. The fraction of sp³-hybridized carbons (Fsp3) is 0.500. The molecule has 1 aromatic carbocycles. The van der Waals surface area contributed by atoms with E-state index in [1.54, 1.807) is 4.90 Å². The first-order valence-corrected chi connectivity index (χ1v) is 6.39. The topological polar surface area (TPSA) is 29.5 Å². The number of amides is 1. The SMILES string of the molecule is C[C@@H]1CO[C@@H](C)CN1C(=O)c1cccc(C(F)(F)F)c1. The van der Waals surface area contributed by atoms with Gasteiger partial charge in [-0.15, -0.1) is 0 Å². The lowest BCUT2D eigenvalue weighted by atomic mass is 10.1. The summed E-state index contributed by atoms with van der Waals surface area (Å²) < 4.78 is 43.4. The summed E-state index contributed by atoms with van der Waals surface area (Å²) in [5, 5.41) is 0. The molecule has 1 fully saturated rings. The van der Waals surface area contributed by atoms with Crippen LogP contribution in [0.4, 0.5) is 13.2 Å². The molecule has 0 aliphatic carbocycles. The standard InChI is InChI=1S/C14H16F3NO2/c1-9-8-20-10(2)7-18(9)13(19)11-4-3-5-12(6-11)14(15,16)17/h3-6,9-10H,7-8H2,1-2H3/t9-,10+/m1/s1. The molecule has 1 heterocycles. The quantitative estimate of drug-likeness (QED) is 0.794. The maximum atomic E-state index is 12.7. The van der Waals surface area contributed by atoms with Crippen LogP contribution >= 0.6 is 0 Å². The minimum absolute atomic E-state index is 0.0563. The summed E-state index contributed by atoms with van der Waals surface area (Å²) in [5.41, 5.74) is -0.752. The van der Waals surface area contributed by atoms with Gasteiger partial charge in [-0.25, -0.2) is 0 Å². The Morgan fingerprint density at radius 3 is 2.70 bits per heavy atom. The Morgan fingerprint density at radius 2 is 2.05 bits per heavy atom. The first-order valence-electron chi connectivity index (χ1n) is 6.39. The predicted molar refractivity (Wildman–Crippen MR) is 67.4 cm³/mol. The van der Waals surface area contributed by atoms with Gasteiger partial charge in [-0.2, -0.15) is 13.2 Å². The first kappa shape index (κ1) is 14.8. The Balaban J connectivity index is 2.24. The van der Waals surface area contributed by atoms with E-state index in [0.29, 0.717) is 13.2 Å². The molecular weight excluding hydrogens is 271 g/mol. The average molecular weight is 287 g/mol. The Morgan fingerprint density at radius 1 is 1.35 bits per heavy atom. The Kier molecular flexibility index (Phi) is 4.04. The number of carbonyl (C=O) groups excluding carboxylic acids is 1. The van der Waals surface area contributed by atoms with Crippen molar-refractivity contribution < 1.29 is 22.7 Å². The van der Waals surface area contributed by atoms with Crippen molar-refractivity contribution in [1.29, 1.82) is 0 Å². The molecular formula is C14H16F3NO2. The third-order valence-electron chi connectivity index (χ3n) is 3.31. The van der Waals surface area contributed by atoms with E-state index in [-0.39, 0.29) is 17.7 Å². The molecule has 0 spiro atoms. The zero-order chi connectivity index (χ0) is 14.9. The van der Waals surface area contributed by atoms with Crippen molar-refractivity contribution in [2.24, 2.45) is 0 Å². The third kappa shape index (κ3) is 3.12. The summed E-state index contributed by atoms with van der Waals surface area (Å²) in [6.45, 7) is 4.43. The smallest absolute Gasteiger partial charge is 0.375 e. The van der Waals surface area contributed by atoms with Gasteiger partial charge >= 0.3 is 6.18 Å². The van der Waals surface area contributed by atoms with Crippen molar-refractivity contribution in [3.8, 4) is 0 Å². The van der Waals surface area contributed by atoms with Crippen molar-refractivity contribution in [1.82, 2.24) is 4.90 Å². The van der Waals surface area contributed by atoms with Crippen molar-refractivity contribution in [3.63, 3.8) is 0 Å². The van der Waals surface area contributed by atoms with Gasteiger partial charge in [-0.3, -0.25) is 4.79 Å². The minimum atomic E-state index is -4.44. The number of benzene rings is 1. The van der Waals surface area contributed by atoms with Gasteiger partial charge in [0.1, 0.15) is 0 Å². The minimum Gasteiger partial charge on any atom is -0.375 e. The highest BCUT2D eigenvalue weighted by molar-refractivity contribution is 5.94. The predicted octanol–water partition coefficient (Wildman–Crippen LogP) is 2.95. The van der Waals surface area contributed by atoms with Crippen molar-refractivity contribution in [2.45, 2.75) is 32.2 Å². The summed E-state index contributed by atoms with van der Waals surface area (Å²) in [4.78, 5) is 13.9. The van der Waals surface area contributed by atoms with Gasteiger partial charge in [0.15, 0.2) is 0 Å². The third-order valence-corrected chi connectivity index (χ3v) is 3.31. The molecule has 6 heteroatoms. The molecule has 110 valence electrons. The van der Waals surface area contributed by atoms with Gasteiger partial charge in [-0.05, 0) is 32.0 Å². The van der Waals surface area contributed by atoms with E-state index in [4.69, 9.17) is 4.74 Å². The lowest BCUT2D eigenvalue weighted by Gasteiger charge is -2.36. The number of hydrogen-bond acceptors (Lipinski definition) is 2. The highest BCUT2D eigenvalue weighted by Crippen LogP contribution is 2.30. The maximum Gasteiger partial charge on any atom is 0.416 e. The van der Waals surface area contributed by atoms with Gasteiger partial charge in [-0.1, -0.05) is 6.07 Å². The van der Waals surface area contributed by atoms with Crippen molar-refractivity contribution >= 4 is 5.91 Å². The van der Waals surface area contributed by atoms with Crippen LogP contribution in [-0.2, 0) is 10.9 Å². The molecule has 0 unspecified atom stereocenters. The number of carbonyl (C=O) groups is 1. The number of alkyl halides is 3. The average Bonchev–Trinajstić information content (AvgIpc) is 2.40. The molecule has 0 bridgehead atoms. The second-order valence-corrected chi connectivity index (χ2v) is 5.03. The van der Waals surface area contributed by atoms with E-state index in [2.05, 4.69) is 0 Å². The van der Waals surface area contributed by atoms with Crippen molar-refractivity contribution in [2.75, 3.05) is 13.2 Å². The van der Waals surface area contributed by atoms with Crippen LogP contribution in [0.25, 0.3) is 0 Å². The van der Waals surface area contributed by atoms with Gasteiger partial charge < -0.3 is 9.64 Å². The van der Waals surface area contributed by atoms with Gasteiger partial charge in [0.2, 0.25) is 0 Å². The van der Waals surface area contributed by atoms with E-state index >= 15 is 0 Å². The fourth-order valence-corrected chi connectivity index (χ4v) is 2.18. The molecule has 2 rings (SSSR count). The molecule has 1 saturated heterocycles. The molecule has 0 aromatic heterocycles. The van der Waals surface area contributed by atoms with E-state index < -0.39 is 17.6 Å². The second-order valence-electron chi connectivity index (χ2n) is 5.03. The number of morpholine rings is 1. The normalized spacial score (nSPS) is 23.8. The van der Waals surface area contributed by atoms with Crippen molar-refractivity contribution in [3.05, 3.63) is 35.4 Å². The van der Waals surface area contributed by atoms with Crippen LogP contribution < -0.4 is 0 Å². The lowest BCUT2D eigenvalue weighted by molar-refractivity contribution is -0.137. The van der Waals surface area contributed by atoms with E-state index in [1.165, 1.54) is 12.1 Å². The molecule has 1 aromatic rings. The zero-order valence-corrected chi connectivity index (χ0v) is 11.3. The highest BCUT2D eigenvalue weighted by Gasteiger charge is 2.33. The summed E-state index contributed by atoms with van der Waals surface area (Å²) in [6.07, 6.45) is -4.55. The highest BCUT2D eigenvalue weighted by atomic mass is 19.4. The molecule has 0 saturated carbocycles. The summed E-state index contributed by atoms with van der Waals surface area (Å²) in [6, 6.07) is 4.38.